The van der Waals surface area contributed by atoms with Crippen LogP contribution in [0.25, 0.3) is 0 Å². The lowest BCUT2D eigenvalue weighted by Crippen LogP contribution is -2.32. The van der Waals surface area contributed by atoms with E-state index in [0.29, 0.717) is 18.7 Å². The maximum atomic E-state index is 11.7. The monoisotopic (exact) mass is 285 g/mol. The first-order valence-corrected chi connectivity index (χ1v) is 8.35. The van der Waals surface area contributed by atoms with Crippen molar-refractivity contribution in [3.05, 3.63) is 11.9 Å². The topological polar surface area (TPSA) is 87.2 Å². The molecule has 2 aliphatic heterocycles. The van der Waals surface area contributed by atoms with E-state index in [2.05, 4.69) is 5.10 Å². The smallest absolute Gasteiger partial charge is 0.152 e. The van der Waals surface area contributed by atoms with E-state index in [-0.39, 0.29) is 17.4 Å². The van der Waals surface area contributed by atoms with E-state index in [4.69, 9.17) is 10.5 Å². The Hall–Kier alpha value is -1.08. The summed E-state index contributed by atoms with van der Waals surface area (Å²) in [6.45, 7) is 3.32. The van der Waals surface area contributed by atoms with Crippen molar-refractivity contribution in [2.24, 2.45) is 0 Å². The Bertz CT molecular complexity index is 589. The van der Waals surface area contributed by atoms with Crippen LogP contribution in [0, 0.1) is 0 Å². The Morgan fingerprint density at radius 3 is 2.95 bits per heavy atom. The minimum Gasteiger partial charge on any atom is -0.396 e. The first kappa shape index (κ1) is 12.9. The summed E-state index contributed by atoms with van der Waals surface area (Å²) in [5.74, 6) is 0.607. The molecule has 1 aromatic heterocycles. The van der Waals surface area contributed by atoms with Gasteiger partial charge in [-0.1, -0.05) is 0 Å². The van der Waals surface area contributed by atoms with Crippen LogP contribution < -0.4 is 5.73 Å². The molecule has 1 aromatic rings. The van der Waals surface area contributed by atoms with Crippen molar-refractivity contribution in [1.29, 1.82) is 0 Å². The minimum atomic E-state index is -2.95. The fraction of sp³-hybridized carbons (Fsp3) is 0.750. The third-order valence-electron chi connectivity index (χ3n) is 4.12. The number of anilines is 1. The number of sulfone groups is 1. The zero-order valence-electron chi connectivity index (χ0n) is 11.0. The second-order valence-corrected chi connectivity index (χ2v) is 8.00. The van der Waals surface area contributed by atoms with Gasteiger partial charge < -0.3 is 10.5 Å². The Morgan fingerprint density at radius 2 is 2.37 bits per heavy atom. The van der Waals surface area contributed by atoms with E-state index < -0.39 is 15.4 Å². The van der Waals surface area contributed by atoms with Crippen molar-refractivity contribution in [1.82, 2.24) is 9.78 Å². The van der Waals surface area contributed by atoms with Crippen molar-refractivity contribution in [2.75, 3.05) is 30.5 Å². The molecule has 106 valence electrons. The summed E-state index contributed by atoms with van der Waals surface area (Å²) in [6, 6.07) is 0. The largest absolute Gasteiger partial charge is 0.396 e. The van der Waals surface area contributed by atoms with Crippen molar-refractivity contribution >= 4 is 15.5 Å². The molecule has 2 unspecified atom stereocenters. The number of hydrogen-bond donors (Lipinski definition) is 1. The van der Waals surface area contributed by atoms with Crippen LogP contribution in [0.2, 0.25) is 0 Å². The maximum Gasteiger partial charge on any atom is 0.152 e. The molecular weight excluding hydrogens is 266 g/mol. The van der Waals surface area contributed by atoms with E-state index in [1.54, 1.807) is 10.9 Å². The minimum absolute atomic E-state index is 0.141. The molecule has 0 amide bonds. The zero-order chi connectivity index (χ0) is 13.7. The second-order valence-electron chi connectivity index (χ2n) is 5.81. The molecule has 6 nitrogen and oxygen atoms in total. The van der Waals surface area contributed by atoms with E-state index in [1.807, 2.05) is 6.92 Å². The van der Waals surface area contributed by atoms with E-state index in [1.165, 1.54) is 0 Å². The number of nitrogens with zero attached hydrogens (tertiary/aromatic N) is 2. The van der Waals surface area contributed by atoms with Gasteiger partial charge in [-0.25, -0.2) is 8.42 Å². The SMILES string of the molecule is CC1(n2cc(N)c(C3CCOC3)n2)CCS(=O)(=O)C1. The molecule has 0 aromatic carbocycles. The molecule has 0 aliphatic carbocycles. The highest BCUT2D eigenvalue weighted by atomic mass is 32.2. The summed E-state index contributed by atoms with van der Waals surface area (Å²) in [6.07, 6.45) is 3.29. The highest BCUT2D eigenvalue weighted by Gasteiger charge is 2.41. The molecule has 7 heteroatoms. The van der Waals surface area contributed by atoms with Crippen LogP contribution in [-0.4, -0.2) is 42.9 Å². The molecule has 0 bridgehead atoms. The number of hydrogen-bond acceptors (Lipinski definition) is 5. The molecule has 2 fully saturated rings. The number of aromatic nitrogens is 2. The van der Waals surface area contributed by atoms with E-state index in [9.17, 15) is 8.42 Å². The molecule has 3 rings (SSSR count). The summed E-state index contributed by atoms with van der Waals surface area (Å²) in [7, 11) is -2.95. The molecule has 0 spiro atoms. The fourth-order valence-electron chi connectivity index (χ4n) is 2.92. The highest BCUT2D eigenvalue weighted by Crippen LogP contribution is 2.34. The third kappa shape index (κ3) is 2.25. The third-order valence-corrected chi connectivity index (χ3v) is 6.01. The van der Waals surface area contributed by atoms with Crippen molar-refractivity contribution in [3.8, 4) is 0 Å². The molecule has 0 saturated carbocycles. The van der Waals surface area contributed by atoms with E-state index >= 15 is 0 Å². The Morgan fingerprint density at radius 1 is 1.58 bits per heavy atom. The average Bonchev–Trinajstić information content (AvgIpc) is 2.98. The van der Waals surface area contributed by atoms with Crippen LogP contribution in [0.4, 0.5) is 5.69 Å². The summed E-state index contributed by atoms with van der Waals surface area (Å²) in [5, 5.41) is 4.56. The summed E-state index contributed by atoms with van der Waals surface area (Å²) in [5.41, 5.74) is 7.05. The van der Waals surface area contributed by atoms with Crippen molar-refractivity contribution in [3.63, 3.8) is 0 Å². The van der Waals surface area contributed by atoms with Gasteiger partial charge in [0.25, 0.3) is 0 Å². The molecule has 2 saturated heterocycles. The van der Waals surface area contributed by atoms with Gasteiger partial charge in [0.15, 0.2) is 9.84 Å². The molecule has 0 radical (unpaired) electrons. The van der Waals surface area contributed by atoms with Gasteiger partial charge in [0.05, 0.1) is 35.0 Å². The fourth-order valence-corrected chi connectivity index (χ4v) is 5.04. The predicted octanol–water partition coefficient (Wildman–Crippen LogP) is 0.503. The summed E-state index contributed by atoms with van der Waals surface area (Å²) in [4.78, 5) is 0. The van der Waals surface area contributed by atoms with Crippen LogP contribution in [0.5, 0.6) is 0 Å². The molecule has 2 aliphatic rings. The summed E-state index contributed by atoms with van der Waals surface area (Å²) >= 11 is 0. The molecule has 3 heterocycles. The van der Waals surface area contributed by atoms with Crippen LogP contribution in [0.15, 0.2) is 6.20 Å². The van der Waals surface area contributed by atoms with Crippen molar-refractivity contribution < 1.29 is 13.2 Å². The van der Waals surface area contributed by atoms with Crippen LogP contribution in [0.3, 0.4) is 0 Å². The predicted molar refractivity (Wildman–Crippen MR) is 71.7 cm³/mol. The molecule has 2 N–H and O–H groups in total. The first-order chi connectivity index (χ1) is 8.90. The Balaban J connectivity index is 1.92. The maximum absolute atomic E-state index is 11.7. The van der Waals surface area contributed by atoms with Gasteiger partial charge in [-0.15, -0.1) is 0 Å². The van der Waals surface area contributed by atoms with E-state index in [0.717, 1.165) is 18.7 Å². The zero-order valence-corrected chi connectivity index (χ0v) is 11.8. The quantitative estimate of drug-likeness (QED) is 0.855. The van der Waals surface area contributed by atoms with Gasteiger partial charge >= 0.3 is 0 Å². The van der Waals surface area contributed by atoms with Gasteiger partial charge in [0, 0.05) is 18.7 Å². The molecule has 19 heavy (non-hydrogen) atoms. The molecule has 2 atom stereocenters. The number of rotatable bonds is 2. The number of nitrogen functional groups attached to an aromatic ring is 1. The van der Waals surface area contributed by atoms with Crippen LogP contribution >= 0.6 is 0 Å². The normalized spacial score (nSPS) is 33.8. The van der Waals surface area contributed by atoms with Gasteiger partial charge in [-0.05, 0) is 19.8 Å². The highest BCUT2D eigenvalue weighted by molar-refractivity contribution is 7.91. The van der Waals surface area contributed by atoms with Gasteiger partial charge in [-0.2, -0.15) is 5.10 Å². The lowest BCUT2D eigenvalue weighted by molar-refractivity contribution is 0.193. The second kappa shape index (κ2) is 4.21. The lowest BCUT2D eigenvalue weighted by Gasteiger charge is -2.22. The lowest BCUT2D eigenvalue weighted by atomic mass is 10.0. The Labute approximate surface area is 112 Å². The van der Waals surface area contributed by atoms with Crippen molar-refractivity contribution in [2.45, 2.75) is 31.2 Å². The van der Waals surface area contributed by atoms with Crippen LogP contribution in [0.1, 0.15) is 31.4 Å². The van der Waals surface area contributed by atoms with Gasteiger partial charge in [0.1, 0.15) is 0 Å². The number of nitrogens with two attached hydrogens (primary N) is 1. The first-order valence-electron chi connectivity index (χ1n) is 6.53. The number of ether oxygens (including phenoxy) is 1. The summed E-state index contributed by atoms with van der Waals surface area (Å²) < 4.78 is 30.5. The average molecular weight is 285 g/mol. The standard InChI is InChI=1S/C12H19N3O3S/c1-12(3-5-19(16,17)8-12)15-6-10(13)11(14-15)9-2-4-18-7-9/h6,9H,2-5,7-8,13H2,1H3. The molecular formula is C12H19N3O3S. The van der Waals surface area contributed by atoms with Gasteiger partial charge in [0.2, 0.25) is 0 Å². The van der Waals surface area contributed by atoms with Crippen LogP contribution in [-0.2, 0) is 20.1 Å². The Kier molecular flexibility index (Phi) is 2.86. The van der Waals surface area contributed by atoms with Gasteiger partial charge in [-0.3, -0.25) is 4.68 Å².